The minimum atomic E-state index is -1.24. The van der Waals surface area contributed by atoms with Crippen LogP contribution in [0.25, 0.3) is 16.0 Å². The molecule has 1 fully saturated rings. The van der Waals surface area contributed by atoms with E-state index in [2.05, 4.69) is 4.98 Å². The van der Waals surface area contributed by atoms with Crippen molar-refractivity contribution in [3.05, 3.63) is 100 Å². The number of anilines is 1. The summed E-state index contributed by atoms with van der Waals surface area (Å²) in [6.45, 7) is 3.61. The SMILES string of the molecule is Cc1ccc(C)c(/C(O)=C2\C(=O)C(=O)N(c3nc4ccc(F)cc4s3)C2c2ccccc2F)c1. The summed E-state index contributed by atoms with van der Waals surface area (Å²) in [5.41, 5.74) is 2.16. The van der Waals surface area contributed by atoms with Crippen LogP contribution < -0.4 is 4.90 Å². The number of carbonyl (C=O) groups excluding carboxylic acids is 2. The fraction of sp³-hybridized carbons (Fsp3) is 0.115. The molecule has 1 N–H and O–H groups in total. The van der Waals surface area contributed by atoms with Gasteiger partial charge in [0.15, 0.2) is 5.13 Å². The Bertz CT molecular complexity index is 1530. The van der Waals surface area contributed by atoms with Crippen LogP contribution in [0, 0.1) is 25.5 Å². The van der Waals surface area contributed by atoms with Gasteiger partial charge in [-0.1, -0.05) is 47.2 Å². The van der Waals surface area contributed by atoms with Crippen molar-refractivity contribution < 1.29 is 23.5 Å². The van der Waals surface area contributed by atoms with Crippen LogP contribution in [0.2, 0.25) is 0 Å². The number of fused-ring (bicyclic) bond motifs is 1. The standard InChI is InChI=1S/C26H18F2N2O3S/c1-13-7-8-14(2)17(11-13)23(31)21-22(16-5-3-4-6-18(16)28)30(25(33)24(21)32)26-29-19-10-9-15(27)12-20(19)34-26/h3-12,22,31H,1-2H3/b23-21+. The highest BCUT2D eigenvalue weighted by molar-refractivity contribution is 7.22. The molecule has 0 bridgehead atoms. The van der Waals surface area contributed by atoms with E-state index in [0.717, 1.165) is 21.8 Å². The number of nitrogens with zero attached hydrogens (tertiary/aromatic N) is 2. The molecule has 3 aromatic carbocycles. The van der Waals surface area contributed by atoms with Gasteiger partial charge in [0.2, 0.25) is 0 Å². The van der Waals surface area contributed by atoms with Gasteiger partial charge >= 0.3 is 5.91 Å². The van der Waals surface area contributed by atoms with Gasteiger partial charge in [0, 0.05) is 11.1 Å². The number of Topliss-reactive ketones (excluding diaryl/α,β-unsaturated/α-hetero) is 1. The number of benzene rings is 3. The zero-order chi connectivity index (χ0) is 24.1. The Morgan fingerprint density at radius 2 is 1.79 bits per heavy atom. The van der Waals surface area contributed by atoms with E-state index in [4.69, 9.17) is 0 Å². The number of halogens is 2. The molecule has 1 aliphatic rings. The highest BCUT2D eigenvalue weighted by Crippen LogP contribution is 2.45. The highest BCUT2D eigenvalue weighted by Gasteiger charge is 2.49. The molecule has 5 rings (SSSR count). The second-order valence-electron chi connectivity index (χ2n) is 8.12. The summed E-state index contributed by atoms with van der Waals surface area (Å²) in [7, 11) is 0. The number of aromatic nitrogens is 1. The van der Waals surface area contributed by atoms with Crippen molar-refractivity contribution in [3.8, 4) is 0 Å². The third kappa shape index (κ3) is 3.47. The highest BCUT2D eigenvalue weighted by atomic mass is 32.1. The maximum Gasteiger partial charge on any atom is 0.301 e. The van der Waals surface area contributed by atoms with Crippen molar-refractivity contribution in [2.75, 3.05) is 4.90 Å². The maximum absolute atomic E-state index is 15.0. The molecule has 1 atom stereocenters. The molecule has 1 aliphatic heterocycles. The molecule has 1 unspecified atom stereocenters. The second-order valence-corrected chi connectivity index (χ2v) is 9.13. The van der Waals surface area contributed by atoms with Gasteiger partial charge in [-0.3, -0.25) is 14.5 Å². The smallest absolute Gasteiger partial charge is 0.301 e. The lowest BCUT2D eigenvalue weighted by Crippen LogP contribution is -2.29. The average Bonchev–Trinajstić information content (AvgIpc) is 3.33. The quantitative estimate of drug-likeness (QED) is 0.230. The Morgan fingerprint density at radius 3 is 2.56 bits per heavy atom. The van der Waals surface area contributed by atoms with E-state index < -0.39 is 29.4 Å². The van der Waals surface area contributed by atoms with Crippen LogP contribution in [0.15, 0.2) is 66.2 Å². The Balaban J connectivity index is 1.78. The molecular formula is C26H18F2N2O3S. The van der Waals surface area contributed by atoms with E-state index >= 15 is 4.39 Å². The van der Waals surface area contributed by atoms with Crippen LogP contribution in [-0.2, 0) is 9.59 Å². The molecule has 0 radical (unpaired) electrons. The lowest BCUT2D eigenvalue weighted by atomic mass is 9.93. The molecule has 34 heavy (non-hydrogen) atoms. The number of hydrogen-bond acceptors (Lipinski definition) is 5. The van der Waals surface area contributed by atoms with Crippen LogP contribution in [-0.4, -0.2) is 21.8 Å². The van der Waals surface area contributed by atoms with Gasteiger partial charge in [-0.25, -0.2) is 13.8 Å². The number of amides is 1. The number of aryl methyl sites for hydroxylation is 2. The van der Waals surface area contributed by atoms with Crippen molar-refractivity contribution in [2.24, 2.45) is 0 Å². The van der Waals surface area contributed by atoms with Gasteiger partial charge in [-0.05, 0) is 49.7 Å². The predicted molar refractivity (Wildman–Crippen MR) is 127 cm³/mol. The molecule has 2 heterocycles. The van der Waals surface area contributed by atoms with Gasteiger partial charge in [-0.15, -0.1) is 0 Å². The van der Waals surface area contributed by atoms with E-state index in [-0.39, 0.29) is 22.0 Å². The fourth-order valence-corrected chi connectivity index (χ4v) is 5.16. The van der Waals surface area contributed by atoms with Gasteiger partial charge in [-0.2, -0.15) is 0 Å². The van der Waals surface area contributed by atoms with Gasteiger partial charge in [0.05, 0.1) is 15.8 Å². The molecule has 170 valence electrons. The summed E-state index contributed by atoms with van der Waals surface area (Å²) < 4.78 is 29.2. The van der Waals surface area contributed by atoms with Crippen molar-refractivity contribution in [1.82, 2.24) is 4.98 Å². The van der Waals surface area contributed by atoms with E-state index in [1.165, 1.54) is 36.4 Å². The summed E-state index contributed by atoms with van der Waals surface area (Å²) in [6, 6.07) is 13.9. The van der Waals surface area contributed by atoms with Gasteiger partial charge in [0.25, 0.3) is 5.78 Å². The Labute approximate surface area is 197 Å². The lowest BCUT2D eigenvalue weighted by molar-refractivity contribution is -0.132. The largest absolute Gasteiger partial charge is 0.507 e. The van der Waals surface area contributed by atoms with Crippen LogP contribution in [0.3, 0.4) is 0 Å². The second kappa shape index (κ2) is 8.14. The number of rotatable bonds is 3. The third-order valence-corrected chi connectivity index (χ3v) is 6.86. The number of carbonyl (C=O) groups is 2. The molecule has 1 amide bonds. The van der Waals surface area contributed by atoms with E-state index in [9.17, 15) is 19.1 Å². The third-order valence-electron chi connectivity index (χ3n) is 5.84. The minimum absolute atomic E-state index is 0.0407. The fourth-order valence-electron chi connectivity index (χ4n) is 4.15. The summed E-state index contributed by atoms with van der Waals surface area (Å²) >= 11 is 1.01. The van der Waals surface area contributed by atoms with Crippen LogP contribution in [0.5, 0.6) is 0 Å². The molecular weight excluding hydrogens is 458 g/mol. The van der Waals surface area contributed by atoms with Crippen LogP contribution in [0.4, 0.5) is 13.9 Å². The average molecular weight is 477 g/mol. The zero-order valence-corrected chi connectivity index (χ0v) is 19.0. The Hall–Kier alpha value is -3.91. The summed E-state index contributed by atoms with van der Waals surface area (Å²) in [5, 5.41) is 11.4. The topological polar surface area (TPSA) is 70.5 Å². The maximum atomic E-state index is 15.0. The monoisotopic (exact) mass is 476 g/mol. The molecule has 4 aromatic rings. The molecule has 0 saturated carbocycles. The normalized spacial score (nSPS) is 17.6. The summed E-state index contributed by atoms with van der Waals surface area (Å²) in [4.78, 5) is 32.0. The minimum Gasteiger partial charge on any atom is -0.507 e. The van der Waals surface area contributed by atoms with Crippen LogP contribution >= 0.6 is 11.3 Å². The lowest BCUT2D eigenvalue weighted by Gasteiger charge is -2.23. The molecule has 0 spiro atoms. The van der Waals surface area contributed by atoms with E-state index in [0.29, 0.717) is 21.3 Å². The number of ketones is 1. The van der Waals surface area contributed by atoms with E-state index in [1.54, 1.807) is 25.1 Å². The Kier molecular flexibility index (Phi) is 5.25. The first-order chi connectivity index (χ1) is 16.3. The summed E-state index contributed by atoms with van der Waals surface area (Å²) in [6.07, 6.45) is 0. The predicted octanol–water partition coefficient (Wildman–Crippen LogP) is 5.82. The van der Waals surface area contributed by atoms with E-state index in [1.807, 2.05) is 13.0 Å². The number of hydrogen-bond donors (Lipinski definition) is 1. The molecule has 1 saturated heterocycles. The number of aliphatic hydroxyl groups is 1. The Morgan fingerprint density at radius 1 is 1.03 bits per heavy atom. The first kappa shape index (κ1) is 21.9. The van der Waals surface area contributed by atoms with Crippen molar-refractivity contribution in [3.63, 3.8) is 0 Å². The van der Waals surface area contributed by atoms with Crippen molar-refractivity contribution in [1.29, 1.82) is 0 Å². The summed E-state index contributed by atoms with van der Waals surface area (Å²) in [5.74, 6) is -3.39. The molecule has 8 heteroatoms. The van der Waals surface area contributed by atoms with Gasteiger partial charge < -0.3 is 5.11 Å². The molecule has 5 nitrogen and oxygen atoms in total. The molecule has 1 aromatic heterocycles. The number of aliphatic hydroxyl groups excluding tert-OH is 1. The van der Waals surface area contributed by atoms with Crippen molar-refractivity contribution in [2.45, 2.75) is 19.9 Å². The van der Waals surface area contributed by atoms with Gasteiger partial charge in [0.1, 0.15) is 23.4 Å². The molecule has 0 aliphatic carbocycles. The number of thiazole rings is 1. The van der Waals surface area contributed by atoms with Crippen LogP contribution in [0.1, 0.15) is 28.3 Å². The van der Waals surface area contributed by atoms with Crippen molar-refractivity contribution >= 4 is 44.1 Å². The zero-order valence-electron chi connectivity index (χ0n) is 18.2. The first-order valence-electron chi connectivity index (χ1n) is 10.5. The first-order valence-corrected chi connectivity index (χ1v) is 11.3.